The van der Waals surface area contributed by atoms with E-state index in [0.29, 0.717) is 31.0 Å². The van der Waals surface area contributed by atoms with E-state index in [1.807, 2.05) is 36.4 Å². The molecule has 0 unspecified atom stereocenters. The predicted molar refractivity (Wildman–Crippen MR) is 117 cm³/mol. The van der Waals surface area contributed by atoms with Gasteiger partial charge in [-0.1, -0.05) is 24.3 Å². The molecule has 0 aliphatic carbocycles. The molecular formula is C21H25FN6O2S. The Morgan fingerprint density at radius 2 is 1.81 bits per heavy atom. The molecule has 1 N–H and O–H groups in total. The highest BCUT2D eigenvalue weighted by molar-refractivity contribution is 7.88. The first kappa shape index (κ1) is 21.4. The van der Waals surface area contributed by atoms with Crippen LogP contribution in [0.2, 0.25) is 0 Å². The van der Waals surface area contributed by atoms with Crippen molar-refractivity contribution in [2.75, 3.05) is 24.7 Å². The lowest BCUT2D eigenvalue weighted by Crippen LogP contribution is -2.51. The van der Waals surface area contributed by atoms with Gasteiger partial charge in [-0.2, -0.15) is 4.80 Å². The van der Waals surface area contributed by atoms with Crippen molar-refractivity contribution < 1.29 is 12.8 Å². The maximum atomic E-state index is 14.1. The number of sulfonamides is 1. The fraction of sp³-hybridized carbons (Fsp3) is 0.381. The Labute approximate surface area is 181 Å². The molecule has 2 heterocycles. The molecule has 0 atom stereocenters. The lowest BCUT2D eigenvalue weighted by Gasteiger charge is -2.36. The number of rotatable bonds is 7. The highest BCUT2D eigenvalue weighted by Crippen LogP contribution is 2.30. The van der Waals surface area contributed by atoms with Gasteiger partial charge >= 0.3 is 0 Å². The molecule has 164 valence electrons. The van der Waals surface area contributed by atoms with Gasteiger partial charge in [-0.3, -0.25) is 0 Å². The van der Waals surface area contributed by atoms with Crippen LogP contribution in [-0.4, -0.2) is 52.3 Å². The minimum Gasteiger partial charge on any atom is -0.355 e. The van der Waals surface area contributed by atoms with E-state index < -0.39 is 15.7 Å². The van der Waals surface area contributed by atoms with Gasteiger partial charge in [0.05, 0.1) is 12.8 Å². The second kappa shape index (κ2) is 8.01. The first-order chi connectivity index (χ1) is 14.6. The Kier molecular flexibility index (Phi) is 5.52. The topological polar surface area (TPSA) is 93.0 Å². The third-order valence-corrected chi connectivity index (χ3v) is 6.52. The molecule has 0 saturated carbocycles. The smallest absolute Gasteiger partial charge is 0.211 e. The fourth-order valence-corrected chi connectivity index (χ4v) is 4.42. The SMILES string of the molecule is CC(C)(F)c1ccc(Nc2ccccc2-c2nnn(CC3CN(S(C)(=O)=O)C3)n2)cc1. The summed E-state index contributed by atoms with van der Waals surface area (Å²) in [5.41, 5.74) is 1.64. The number of alkyl halides is 1. The molecule has 31 heavy (non-hydrogen) atoms. The fourth-order valence-electron chi connectivity index (χ4n) is 3.46. The van der Waals surface area contributed by atoms with Gasteiger partial charge in [-0.15, -0.1) is 10.2 Å². The Balaban J connectivity index is 1.47. The molecule has 1 aliphatic heterocycles. The predicted octanol–water partition coefficient (Wildman–Crippen LogP) is 3.18. The summed E-state index contributed by atoms with van der Waals surface area (Å²) in [6.45, 7) is 4.51. The maximum Gasteiger partial charge on any atom is 0.211 e. The summed E-state index contributed by atoms with van der Waals surface area (Å²) in [5.74, 6) is 0.646. The van der Waals surface area contributed by atoms with Crippen LogP contribution >= 0.6 is 0 Å². The molecule has 0 spiro atoms. The number of benzene rings is 2. The number of halogens is 1. The van der Waals surface area contributed by atoms with Crippen molar-refractivity contribution in [3.05, 3.63) is 54.1 Å². The summed E-state index contributed by atoms with van der Waals surface area (Å²) in [6, 6.07) is 14.8. The summed E-state index contributed by atoms with van der Waals surface area (Å²) in [5, 5.41) is 16.1. The number of aromatic nitrogens is 4. The highest BCUT2D eigenvalue weighted by Gasteiger charge is 2.33. The summed E-state index contributed by atoms with van der Waals surface area (Å²) in [6.07, 6.45) is 1.21. The van der Waals surface area contributed by atoms with Gasteiger partial charge in [-0.25, -0.2) is 17.1 Å². The Hall–Kier alpha value is -2.85. The molecule has 1 aliphatic rings. The minimum atomic E-state index is -3.14. The number of nitrogens with one attached hydrogen (secondary N) is 1. The van der Waals surface area contributed by atoms with Gasteiger partial charge in [0.15, 0.2) is 0 Å². The highest BCUT2D eigenvalue weighted by atomic mass is 32.2. The largest absolute Gasteiger partial charge is 0.355 e. The molecule has 1 fully saturated rings. The van der Waals surface area contributed by atoms with E-state index in [0.717, 1.165) is 16.9 Å². The van der Waals surface area contributed by atoms with E-state index in [2.05, 4.69) is 20.7 Å². The third kappa shape index (κ3) is 4.91. The molecule has 0 bridgehead atoms. The van der Waals surface area contributed by atoms with Crippen LogP contribution in [-0.2, 0) is 22.2 Å². The number of tetrazole rings is 1. The van der Waals surface area contributed by atoms with E-state index in [1.165, 1.54) is 29.2 Å². The zero-order valence-electron chi connectivity index (χ0n) is 17.7. The summed E-state index contributed by atoms with van der Waals surface area (Å²) < 4.78 is 38.5. The van der Waals surface area contributed by atoms with Gasteiger partial charge in [-0.05, 0) is 48.9 Å². The van der Waals surface area contributed by atoms with Crippen molar-refractivity contribution in [3.63, 3.8) is 0 Å². The lowest BCUT2D eigenvalue weighted by molar-refractivity contribution is 0.169. The van der Waals surface area contributed by atoms with Crippen molar-refractivity contribution in [3.8, 4) is 11.4 Å². The molecule has 8 nitrogen and oxygen atoms in total. The lowest BCUT2D eigenvalue weighted by atomic mass is 10.00. The Morgan fingerprint density at radius 1 is 1.13 bits per heavy atom. The Bertz CT molecular complexity index is 1170. The number of hydrogen-bond acceptors (Lipinski definition) is 6. The average molecular weight is 445 g/mol. The number of anilines is 2. The van der Waals surface area contributed by atoms with Gasteiger partial charge in [0, 0.05) is 35.9 Å². The van der Waals surface area contributed by atoms with Crippen LogP contribution in [0.15, 0.2) is 48.5 Å². The van der Waals surface area contributed by atoms with Crippen LogP contribution in [0.1, 0.15) is 19.4 Å². The van der Waals surface area contributed by atoms with Crippen LogP contribution in [0.5, 0.6) is 0 Å². The van der Waals surface area contributed by atoms with Crippen molar-refractivity contribution in [1.82, 2.24) is 24.5 Å². The number of nitrogens with zero attached hydrogens (tertiary/aromatic N) is 5. The average Bonchev–Trinajstić information content (AvgIpc) is 3.12. The quantitative estimate of drug-likeness (QED) is 0.602. The van der Waals surface area contributed by atoms with Gasteiger partial charge in [0.25, 0.3) is 0 Å². The van der Waals surface area contributed by atoms with E-state index in [-0.39, 0.29) is 5.92 Å². The van der Waals surface area contributed by atoms with E-state index >= 15 is 0 Å². The monoisotopic (exact) mass is 444 g/mol. The van der Waals surface area contributed by atoms with Gasteiger partial charge in [0.2, 0.25) is 15.8 Å². The van der Waals surface area contributed by atoms with Crippen molar-refractivity contribution in [1.29, 1.82) is 0 Å². The zero-order valence-corrected chi connectivity index (χ0v) is 18.5. The van der Waals surface area contributed by atoms with Crippen molar-refractivity contribution in [2.45, 2.75) is 26.1 Å². The normalized spacial score (nSPS) is 15.6. The van der Waals surface area contributed by atoms with Crippen molar-refractivity contribution >= 4 is 21.4 Å². The van der Waals surface area contributed by atoms with Gasteiger partial charge < -0.3 is 5.32 Å². The van der Waals surface area contributed by atoms with Gasteiger partial charge in [0.1, 0.15) is 5.67 Å². The second-order valence-corrected chi connectivity index (χ2v) is 10.3. The molecule has 0 amide bonds. The molecule has 2 aromatic carbocycles. The Morgan fingerprint density at radius 3 is 2.45 bits per heavy atom. The van der Waals surface area contributed by atoms with E-state index in [9.17, 15) is 12.8 Å². The van der Waals surface area contributed by atoms with Crippen LogP contribution in [0, 0.1) is 5.92 Å². The molecule has 4 rings (SSSR count). The zero-order chi connectivity index (χ0) is 22.2. The van der Waals surface area contributed by atoms with E-state index in [4.69, 9.17) is 0 Å². The molecule has 1 saturated heterocycles. The summed E-state index contributed by atoms with van der Waals surface area (Å²) in [4.78, 5) is 1.51. The third-order valence-electron chi connectivity index (χ3n) is 5.29. The van der Waals surface area contributed by atoms with Crippen LogP contribution in [0.4, 0.5) is 15.8 Å². The number of para-hydroxylation sites is 1. The first-order valence-corrected chi connectivity index (χ1v) is 11.8. The molecule has 3 aromatic rings. The minimum absolute atomic E-state index is 0.170. The number of hydrogen-bond donors (Lipinski definition) is 1. The standard InChI is InChI=1S/C21H25FN6O2S/c1-21(2,22)16-8-10-17(11-9-16)23-19-7-5-4-6-18(19)20-24-26-28(25-20)14-15-12-27(13-15)31(3,29)30/h4-11,15,23H,12-14H2,1-3H3. The molecule has 1 aromatic heterocycles. The van der Waals surface area contributed by atoms with Crippen LogP contribution < -0.4 is 5.32 Å². The molecule has 0 radical (unpaired) electrons. The maximum absolute atomic E-state index is 14.1. The summed E-state index contributed by atoms with van der Waals surface area (Å²) >= 11 is 0. The van der Waals surface area contributed by atoms with Crippen LogP contribution in [0.3, 0.4) is 0 Å². The molecular weight excluding hydrogens is 419 g/mol. The van der Waals surface area contributed by atoms with Crippen LogP contribution in [0.25, 0.3) is 11.4 Å². The second-order valence-electron chi connectivity index (χ2n) is 8.33. The van der Waals surface area contributed by atoms with Crippen molar-refractivity contribution in [2.24, 2.45) is 5.92 Å². The summed E-state index contributed by atoms with van der Waals surface area (Å²) in [7, 11) is -3.14. The van der Waals surface area contributed by atoms with E-state index in [1.54, 1.807) is 12.1 Å². The first-order valence-electron chi connectivity index (χ1n) is 9.98. The molecule has 10 heteroatoms.